The highest BCUT2D eigenvalue weighted by molar-refractivity contribution is 6.09. The summed E-state index contributed by atoms with van der Waals surface area (Å²) >= 11 is 0. The minimum Gasteiger partial charge on any atom is -0.334 e. The molecule has 3 atom stereocenters. The molecule has 0 saturated carbocycles. The standard InChI is InChI=1S/C53H50N2/c1-36-19-27-48-46(33-36)44-26-25-43(35-49(44)52(48,2)3)54(41-15-9-6-10-16-41)42-23-20-38(21-24-42)40-22-28-51-47(34-40)45-17-11-12-18-50(45)55(51)53(4)31-29-39(30-32-53)37-13-7-5-8-14-37/h5-15,17-18,20-26,28-31,34-36,41H,16,19,27,32-33H2,1-4H3. The summed E-state index contributed by atoms with van der Waals surface area (Å²) in [6, 6.07) is 43.6. The van der Waals surface area contributed by atoms with E-state index in [9.17, 15) is 0 Å². The molecule has 4 aliphatic carbocycles. The Kier molecular flexibility index (Phi) is 8.03. The van der Waals surface area contributed by atoms with Gasteiger partial charge in [-0.1, -0.05) is 142 Å². The van der Waals surface area contributed by atoms with E-state index in [1.54, 1.807) is 11.1 Å². The van der Waals surface area contributed by atoms with Gasteiger partial charge in [0, 0.05) is 38.6 Å². The van der Waals surface area contributed by atoms with Gasteiger partial charge in [-0.2, -0.15) is 0 Å². The fourth-order valence-corrected chi connectivity index (χ4v) is 10.2. The molecule has 1 aromatic heterocycles. The minimum absolute atomic E-state index is 0.0763. The molecule has 272 valence electrons. The van der Waals surface area contributed by atoms with Crippen molar-refractivity contribution in [1.82, 2.24) is 4.57 Å². The molecule has 0 spiro atoms. The maximum atomic E-state index is 2.56. The van der Waals surface area contributed by atoms with Crippen LogP contribution in [0.3, 0.4) is 0 Å². The molecule has 2 nitrogen and oxygen atoms in total. The number of hydrogen-bond donors (Lipinski definition) is 0. The van der Waals surface area contributed by atoms with Crippen LogP contribution < -0.4 is 4.90 Å². The Labute approximate surface area is 326 Å². The first-order chi connectivity index (χ1) is 26.8. The van der Waals surface area contributed by atoms with E-state index in [1.165, 1.54) is 85.8 Å². The van der Waals surface area contributed by atoms with Crippen LogP contribution in [0.15, 0.2) is 163 Å². The Morgan fingerprint density at radius 3 is 2.25 bits per heavy atom. The quantitative estimate of drug-likeness (QED) is 0.167. The van der Waals surface area contributed by atoms with Crippen molar-refractivity contribution in [3.05, 3.63) is 180 Å². The number of aromatic nitrogens is 1. The zero-order valence-corrected chi connectivity index (χ0v) is 32.6. The van der Waals surface area contributed by atoms with Crippen molar-refractivity contribution in [2.45, 2.75) is 76.8 Å². The molecule has 3 unspecified atom stereocenters. The number of para-hydroxylation sites is 1. The van der Waals surface area contributed by atoms with E-state index in [4.69, 9.17) is 0 Å². The van der Waals surface area contributed by atoms with Gasteiger partial charge >= 0.3 is 0 Å². The van der Waals surface area contributed by atoms with Crippen molar-refractivity contribution in [2.75, 3.05) is 4.90 Å². The maximum Gasteiger partial charge on any atom is 0.0643 e. The molecule has 0 fully saturated rings. The van der Waals surface area contributed by atoms with Crippen molar-refractivity contribution >= 4 is 44.3 Å². The lowest BCUT2D eigenvalue weighted by molar-refractivity contribution is 0.438. The molecule has 0 amide bonds. The lowest BCUT2D eigenvalue weighted by Crippen LogP contribution is -2.30. The van der Waals surface area contributed by atoms with Gasteiger partial charge in [-0.05, 0) is 126 Å². The fourth-order valence-electron chi connectivity index (χ4n) is 10.2. The molecule has 0 radical (unpaired) electrons. The Balaban J connectivity index is 0.999. The van der Waals surface area contributed by atoms with Crippen LogP contribution in [0.1, 0.15) is 76.5 Å². The third-order valence-electron chi connectivity index (χ3n) is 13.3. The van der Waals surface area contributed by atoms with E-state index in [0.717, 1.165) is 18.8 Å². The summed E-state index contributed by atoms with van der Waals surface area (Å²) in [6.45, 7) is 9.70. The Morgan fingerprint density at radius 2 is 1.47 bits per heavy atom. The van der Waals surface area contributed by atoms with E-state index in [2.05, 4.69) is 195 Å². The van der Waals surface area contributed by atoms with Gasteiger partial charge in [0.15, 0.2) is 0 Å². The first kappa shape index (κ1) is 33.9. The van der Waals surface area contributed by atoms with Crippen molar-refractivity contribution in [2.24, 2.45) is 5.92 Å². The van der Waals surface area contributed by atoms with E-state index < -0.39 is 0 Å². The van der Waals surface area contributed by atoms with Crippen molar-refractivity contribution in [3.63, 3.8) is 0 Å². The van der Waals surface area contributed by atoms with E-state index in [1.807, 2.05) is 0 Å². The highest BCUT2D eigenvalue weighted by Gasteiger charge is 2.40. The molecular formula is C53H50N2. The number of benzene rings is 5. The van der Waals surface area contributed by atoms with Crippen LogP contribution in [0.5, 0.6) is 0 Å². The molecule has 2 heteroatoms. The van der Waals surface area contributed by atoms with E-state index in [0.29, 0.717) is 0 Å². The second kappa shape index (κ2) is 13.0. The minimum atomic E-state index is -0.171. The van der Waals surface area contributed by atoms with Gasteiger partial charge < -0.3 is 9.47 Å². The van der Waals surface area contributed by atoms with Gasteiger partial charge in [-0.25, -0.2) is 0 Å². The smallest absolute Gasteiger partial charge is 0.0643 e. The Hall–Kier alpha value is -5.60. The number of anilines is 2. The van der Waals surface area contributed by atoms with Crippen molar-refractivity contribution < 1.29 is 0 Å². The highest BCUT2D eigenvalue weighted by atomic mass is 15.2. The van der Waals surface area contributed by atoms with Crippen LogP contribution in [-0.2, 0) is 11.0 Å². The summed E-state index contributed by atoms with van der Waals surface area (Å²) in [5.74, 6) is 0.761. The summed E-state index contributed by atoms with van der Waals surface area (Å²) in [4.78, 5) is 2.56. The Morgan fingerprint density at radius 1 is 0.709 bits per heavy atom. The van der Waals surface area contributed by atoms with Crippen LogP contribution in [0, 0.1) is 5.92 Å². The summed E-state index contributed by atoms with van der Waals surface area (Å²) in [5.41, 5.74) is 16.3. The highest BCUT2D eigenvalue weighted by Crippen LogP contribution is 2.54. The molecule has 0 aliphatic heterocycles. The maximum absolute atomic E-state index is 2.56. The van der Waals surface area contributed by atoms with E-state index in [-0.39, 0.29) is 17.0 Å². The Bertz CT molecular complexity index is 2620. The van der Waals surface area contributed by atoms with Crippen molar-refractivity contribution in [3.8, 4) is 11.1 Å². The van der Waals surface area contributed by atoms with Gasteiger partial charge in [0.2, 0.25) is 0 Å². The topological polar surface area (TPSA) is 8.17 Å². The first-order valence-electron chi connectivity index (χ1n) is 20.4. The van der Waals surface area contributed by atoms with Crippen LogP contribution >= 0.6 is 0 Å². The summed E-state index contributed by atoms with van der Waals surface area (Å²) in [6.07, 6.45) is 21.9. The number of fused-ring (bicyclic) bond motifs is 5. The molecule has 5 aromatic carbocycles. The second-order valence-corrected chi connectivity index (χ2v) is 17.2. The molecule has 0 saturated heterocycles. The van der Waals surface area contributed by atoms with Gasteiger partial charge in [0.05, 0.1) is 11.6 Å². The zero-order valence-electron chi connectivity index (χ0n) is 32.6. The SMILES string of the molecule is CC1CCC2=C(C1)c1ccc(N(c3ccc(-c4ccc5c(c4)c4ccccc4n5C4(C)C=CC(c5ccccc5)=CC4)cc3)C3C=CC=CC3)cc1C2(C)C. The van der Waals surface area contributed by atoms with Gasteiger partial charge in [0.25, 0.3) is 0 Å². The first-order valence-corrected chi connectivity index (χ1v) is 20.4. The number of hydrogen-bond acceptors (Lipinski definition) is 1. The second-order valence-electron chi connectivity index (χ2n) is 17.2. The predicted molar refractivity (Wildman–Crippen MR) is 235 cm³/mol. The summed E-state index contributed by atoms with van der Waals surface area (Å²) in [5, 5.41) is 2.61. The van der Waals surface area contributed by atoms with Gasteiger partial charge in [-0.15, -0.1) is 0 Å². The molecule has 1 heterocycles. The average Bonchev–Trinajstić information content (AvgIpc) is 3.67. The fraction of sp³-hybridized carbons (Fsp3) is 0.245. The van der Waals surface area contributed by atoms with E-state index >= 15 is 0 Å². The lowest BCUT2D eigenvalue weighted by Gasteiger charge is -2.34. The van der Waals surface area contributed by atoms with Crippen molar-refractivity contribution in [1.29, 1.82) is 0 Å². The molecule has 0 N–H and O–H groups in total. The molecular weight excluding hydrogens is 665 g/mol. The summed E-state index contributed by atoms with van der Waals surface area (Å²) in [7, 11) is 0. The molecule has 10 rings (SSSR count). The molecule has 55 heavy (non-hydrogen) atoms. The predicted octanol–water partition coefficient (Wildman–Crippen LogP) is 14.1. The van der Waals surface area contributed by atoms with Crippen LogP contribution in [-0.4, -0.2) is 10.6 Å². The number of rotatable bonds is 6. The monoisotopic (exact) mass is 714 g/mol. The van der Waals surface area contributed by atoms with Gasteiger partial charge in [-0.3, -0.25) is 0 Å². The molecule has 0 bridgehead atoms. The zero-order chi connectivity index (χ0) is 37.3. The average molecular weight is 715 g/mol. The van der Waals surface area contributed by atoms with Crippen LogP contribution in [0.2, 0.25) is 0 Å². The molecule has 4 aliphatic rings. The lowest BCUT2D eigenvalue weighted by atomic mass is 9.76. The third-order valence-corrected chi connectivity index (χ3v) is 13.3. The van der Waals surface area contributed by atoms with Crippen LogP contribution in [0.25, 0.3) is 44.1 Å². The van der Waals surface area contributed by atoms with Crippen LogP contribution in [0.4, 0.5) is 11.4 Å². The number of nitrogens with zero attached hydrogens (tertiary/aromatic N) is 2. The third kappa shape index (κ3) is 5.60. The summed E-state index contributed by atoms with van der Waals surface area (Å²) < 4.78 is 2.56. The largest absolute Gasteiger partial charge is 0.334 e. The molecule has 6 aromatic rings. The van der Waals surface area contributed by atoms with Gasteiger partial charge in [0.1, 0.15) is 0 Å². The number of allylic oxidation sites excluding steroid dienone is 8. The normalized spacial score (nSPS) is 22.6.